The van der Waals surface area contributed by atoms with E-state index in [0.29, 0.717) is 23.0 Å². The zero-order chi connectivity index (χ0) is 20.4. The van der Waals surface area contributed by atoms with E-state index in [1.165, 1.54) is 12.1 Å². The lowest BCUT2D eigenvalue weighted by molar-refractivity contribution is 0.0926. The molecular weight excluding hydrogens is 403 g/mol. The molecule has 1 aromatic heterocycles. The zero-order valence-electron chi connectivity index (χ0n) is 17.1. The van der Waals surface area contributed by atoms with Gasteiger partial charge in [0.05, 0.1) is 11.3 Å². The Morgan fingerprint density at radius 3 is 2.70 bits per heavy atom. The van der Waals surface area contributed by atoms with Crippen molar-refractivity contribution in [2.75, 3.05) is 6.54 Å². The van der Waals surface area contributed by atoms with Crippen molar-refractivity contribution in [3.63, 3.8) is 0 Å². The van der Waals surface area contributed by atoms with Crippen molar-refractivity contribution in [2.24, 2.45) is 0 Å². The molecule has 7 heteroatoms. The Morgan fingerprint density at radius 1 is 1.23 bits per heavy atom. The third-order valence-corrected chi connectivity index (χ3v) is 5.30. The first-order valence-electron chi connectivity index (χ1n) is 9.96. The second kappa shape index (κ2) is 9.41. The van der Waals surface area contributed by atoms with E-state index in [1.807, 2.05) is 31.2 Å². The molecule has 1 aliphatic rings. The third kappa shape index (κ3) is 4.89. The molecule has 0 spiro atoms. The number of hydrogen-bond acceptors (Lipinski definition) is 3. The zero-order valence-corrected chi connectivity index (χ0v) is 17.9. The maximum atomic E-state index is 13.3. The highest BCUT2D eigenvalue weighted by Crippen LogP contribution is 2.25. The number of benzene rings is 2. The summed E-state index contributed by atoms with van der Waals surface area (Å²) < 4.78 is 15.0. The summed E-state index contributed by atoms with van der Waals surface area (Å²) >= 11 is 0. The van der Waals surface area contributed by atoms with Crippen LogP contribution in [-0.2, 0) is 0 Å². The van der Waals surface area contributed by atoms with Crippen LogP contribution in [0.3, 0.4) is 0 Å². The molecule has 3 aromatic rings. The number of piperidine rings is 1. The molecule has 0 bridgehead atoms. The minimum atomic E-state index is -0.308. The summed E-state index contributed by atoms with van der Waals surface area (Å²) in [5.74, 6) is -0.438. The molecule has 158 valence electrons. The number of halogens is 2. The molecule has 1 fully saturated rings. The third-order valence-electron chi connectivity index (χ3n) is 5.30. The van der Waals surface area contributed by atoms with Crippen LogP contribution in [0.25, 0.3) is 16.9 Å². The molecule has 2 aromatic carbocycles. The standard InChI is InChI=1S/C23H25FN4O.ClH/c1-15-4-3-5-17(12-15)22-21(23(29)26-19-10-11-25-16(2)13-19)14-28(27-22)20-8-6-18(24)7-9-20;/h3-9,12,14,16,19,25H,10-11,13H2,1-2H3,(H,26,29);1H. The molecule has 1 aliphatic heterocycles. The van der Waals surface area contributed by atoms with Crippen LogP contribution >= 0.6 is 12.4 Å². The first-order chi connectivity index (χ1) is 14.0. The average molecular weight is 429 g/mol. The molecule has 0 aliphatic carbocycles. The monoisotopic (exact) mass is 428 g/mol. The second-order valence-corrected chi connectivity index (χ2v) is 7.73. The molecular formula is C23H26ClFN4O. The summed E-state index contributed by atoms with van der Waals surface area (Å²) in [6.45, 7) is 5.03. The molecule has 2 atom stereocenters. The lowest BCUT2D eigenvalue weighted by Crippen LogP contribution is -2.46. The number of carbonyl (C=O) groups is 1. The SMILES string of the molecule is Cc1cccc(-c2nn(-c3ccc(F)cc3)cc2C(=O)NC2CCNC(C)C2)c1.Cl. The van der Waals surface area contributed by atoms with Gasteiger partial charge in [0.1, 0.15) is 11.5 Å². The van der Waals surface area contributed by atoms with Crippen LogP contribution in [0.15, 0.2) is 54.7 Å². The van der Waals surface area contributed by atoms with Crippen molar-refractivity contribution in [3.05, 3.63) is 71.7 Å². The van der Waals surface area contributed by atoms with Crippen molar-refractivity contribution >= 4 is 18.3 Å². The highest BCUT2D eigenvalue weighted by molar-refractivity contribution is 6.00. The van der Waals surface area contributed by atoms with Gasteiger partial charge in [0.25, 0.3) is 5.91 Å². The van der Waals surface area contributed by atoms with Gasteiger partial charge in [-0.1, -0.05) is 23.8 Å². The fourth-order valence-electron chi connectivity index (χ4n) is 3.80. The molecule has 30 heavy (non-hydrogen) atoms. The Bertz CT molecular complexity index is 1020. The van der Waals surface area contributed by atoms with E-state index in [2.05, 4.69) is 22.7 Å². The minimum Gasteiger partial charge on any atom is -0.349 e. The van der Waals surface area contributed by atoms with Crippen molar-refractivity contribution in [1.29, 1.82) is 0 Å². The molecule has 0 radical (unpaired) electrons. The average Bonchev–Trinajstić information content (AvgIpc) is 3.14. The molecule has 4 rings (SSSR count). The first-order valence-corrected chi connectivity index (χ1v) is 9.96. The summed E-state index contributed by atoms with van der Waals surface area (Å²) in [6.07, 6.45) is 3.53. The van der Waals surface area contributed by atoms with Gasteiger partial charge >= 0.3 is 0 Å². The molecule has 1 amide bonds. The molecule has 0 saturated carbocycles. The summed E-state index contributed by atoms with van der Waals surface area (Å²) in [5, 5.41) is 11.2. The van der Waals surface area contributed by atoms with E-state index >= 15 is 0 Å². The summed E-state index contributed by atoms with van der Waals surface area (Å²) in [4.78, 5) is 13.2. The maximum absolute atomic E-state index is 13.3. The number of nitrogens with one attached hydrogen (secondary N) is 2. The highest BCUT2D eigenvalue weighted by atomic mass is 35.5. The Labute approximate surface area is 182 Å². The van der Waals surface area contributed by atoms with E-state index < -0.39 is 0 Å². The van der Waals surface area contributed by atoms with E-state index in [9.17, 15) is 9.18 Å². The largest absolute Gasteiger partial charge is 0.349 e. The number of aryl methyl sites for hydroxylation is 1. The number of amides is 1. The van der Waals surface area contributed by atoms with Gasteiger partial charge in [-0.3, -0.25) is 4.79 Å². The Morgan fingerprint density at radius 2 is 2.00 bits per heavy atom. The van der Waals surface area contributed by atoms with Crippen LogP contribution in [0, 0.1) is 12.7 Å². The minimum absolute atomic E-state index is 0. The first kappa shape index (κ1) is 22.0. The quantitative estimate of drug-likeness (QED) is 0.652. The number of aromatic nitrogens is 2. The highest BCUT2D eigenvalue weighted by Gasteiger charge is 2.24. The summed E-state index contributed by atoms with van der Waals surface area (Å²) in [7, 11) is 0. The predicted octanol–water partition coefficient (Wildman–Crippen LogP) is 4.28. The van der Waals surface area contributed by atoms with Gasteiger partial charge in [0, 0.05) is 23.8 Å². The van der Waals surface area contributed by atoms with Gasteiger partial charge in [-0.05, 0) is 63.6 Å². The van der Waals surface area contributed by atoms with E-state index in [-0.39, 0.29) is 30.2 Å². The normalized spacial score (nSPS) is 18.5. The smallest absolute Gasteiger partial charge is 0.255 e. The van der Waals surface area contributed by atoms with Crippen LogP contribution in [0.5, 0.6) is 0 Å². The van der Waals surface area contributed by atoms with Gasteiger partial charge in [0.2, 0.25) is 0 Å². The van der Waals surface area contributed by atoms with Crippen LogP contribution in [0.2, 0.25) is 0 Å². The number of hydrogen-bond donors (Lipinski definition) is 2. The fourth-order valence-corrected chi connectivity index (χ4v) is 3.80. The Kier molecular flexibility index (Phi) is 6.90. The molecule has 2 heterocycles. The number of nitrogens with zero attached hydrogens (tertiary/aromatic N) is 2. The van der Waals surface area contributed by atoms with Crippen LogP contribution < -0.4 is 10.6 Å². The lowest BCUT2D eigenvalue weighted by Gasteiger charge is -2.28. The molecule has 5 nitrogen and oxygen atoms in total. The van der Waals surface area contributed by atoms with Crippen molar-refractivity contribution in [3.8, 4) is 16.9 Å². The summed E-state index contributed by atoms with van der Waals surface area (Å²) in [5.41, 5.74) is 3.82. The number of rotatable bonds is 4. The second-order valence-electron chi connectivity index (χ2n) is 7.73. The van der Waals surface area contributed by atoms with Gasteiger partial charge in [-0.2, -0.15) is 5.10 Å². The van der Waals surface area contributed by atoms with E-state index in [0.717, 1.165) is 30.5 Å². The van der Waals surface area contributed by atoms with Crippen LogP contribution in [0.1, 0.15) is 35.7 Å². The van der Waals surface area contributed by atoms with Crippen LogP contribution in [-0.4, -0.2) is 34.3 Å². The Balaban J connectivity index is 0.00000256. The van der Waals surface area contributed by atoms with Crippen molar-refractivity contribution < 1.29 is 9.18 Å². The maximum Gasteiger partial charge on any atom is 0.255 e. The number of carbonyl (C=O) groups excluding carboxylic acids is 1. The van der Waals surface area contributed by atoms with E-state index in [1.54, 1.807) is 23.0 Å². The predicted molar refractivity (Wildman–Crippen MR) is 119 cm³/mol. The van der Waals surface area contributed by atoms with Gasteiger partial charge in [-0.15, -0.1) is 12.4 Å². The van der Waals surface area contributed by atoms with Gasteiger partial charge in [-0.25, -0.2) is 9.07 Å². The van der Waals surface area contributed by atoms with Crippen molar-refractivity contribution in [1.82, 2.24) is 20.4 Å². The van der Waals surface area contributed by atoms with Crippen molar-refractivity contribution in [2.45, 2.75) is 38.8 Å². The topological polar surface area (TPSA) is 59.0 Å². The molecule has 1 saturated heterocycles. The van der Waals surface area contributed by atoms with E-state index in [4.69, 9.17) is 0 Å². The molecule has 2 N–H and O–H groups in total. The molecule has 2 unspecified atom stereocenters. The Hall–Kier alpha value is -2.70. The summed E-state index contributed by atoms with van der Waals surface area (Å²) in [6, 6.07) is 14.5. The van der Waals surface area contributed by atoms with Crippen LogP contribution in [0.4, 0.5) is 4.39 Å². The van der Waals surface area contributed by atoms with Gasteiger partial charge in [0.15, 0.2) is 0 Å². The fraction of sp³-hybridized carbons (Fsp3) is 0.304. The van der Waals surface area contributed by atoms with Gasteiger partial charge < -0.3 is 10.6 Å². The lowest BCUT2D eigenvalue weighted by atomic mass is 10.00.